The minimum Gasteiger partial charge on any atom is -0.359 e. The lowest BCUT2D eigenvalue weighted by atomic mass is 9.96. The van der Waals surface area contributed by atoms with Gasteiger partial charge in [-0.1, -0.05) is 35.9 Å². The monoisotopic (exact) mass is 376 g/mol. The molecule has 0 spiro atoms. The molecule has 0 unspecified atom stereocenters. The number of para-hydroxylation sites is 2. The van der Waals surface area contributed by atoms with Crippen LogP contribution in [0.5, 0.6) is 0 Å². The van der Waals surface area contributed by atoms with E-state index in [-0.39, 0.29) is 11.8 Å². The van der Waals surface area contributed by atoms with Crippen LogP contribution in [0, 0.1) is 19.8 Å². The highest BCUT2D eigenvalue weighted by atomic mass is 16.1. The van der Waals surface area contributed by atoms with E-state index in [9.17, 15) is 4.79 Å². The molecule has 3 aromatic rings. The van der Waals surface area contributed by atoms with Crippen LogP contribution >= 0.6 is 0 Å². The zero-order chi connectivity index (χ0) is 19.7. The van der Waals surface area contributed by atoms with Crippen LogP contribution in [0.4, 0.5) is 5.95 Å². The van der Waals surface area contributed by atoms with Gasteiger partial charge < -0.3 is 14.8 Å². The van der Waals surface area contributed by atoms with Gasteiger partial charge in [0.15, 0.2) is 0 Å². The van der Waals surface area contributed by atoms with Gasteiger partial charge in [0.25, 0.3) is 0 Å². The number of amides is 1. The van der Waals surface area contributed by atoms with Gasteiger partial charge in [0.05, 0.1) is 17.6 Å². The third-order valence-corrected chi connectivity index (χ3v) is 5.86. The summed E-state index contributed by atoms with van der Waals surface area (Å²) in [4.78, 5) is 19.3. The van der Waals surface area contributed by atoms with E-state index in [2.05, 4.69) is 65.0 Å². The smallest absolute Gasteiger partial charge is 0.222 e. The van der Waals surface area contributed by atoms with Crippen LogP contribution in [-0.2, 0) is 11.3 Å². The molecule has 2 aromatic carbocycles. The molecular formula is C23H28N4O. The van der Waals surface area contributed by atoms with Gasteiger partial charge in [0.1, 0.15) is 0 Å². The first-order valence-corrected chi connectivity index (χ1v) is 10.0. The number of nitrogens with one attached hydrogen (secondary N) is 1. The minimum atomic E-state index is 0.109. The van der Waals surface area contributed by atoms with Crippen LogP contribution in [0.1, 0.15) is 29.5 Å². The fourth-order valence-electron chi connectivity index (χ4n) is 4.15. The molecule has 146 valence electrons. The highest BCUT2D eigenvalue weighted by molar-refractivity contribution is 5.80. The Balaban J connectivity index is 1.68. The molecule has 5 nitrogen and oxygen atoms in total. The SMILES string of the molecule is CNC(=O)C1CCN(c2nc3ccccc3n2Cc2cc(C)ccc2C)CC1. The molecule has 2 heterocycles. The van der Waals surface area contributed by atoms with Gasteiger partial charge in [-0.05, 0) is 49.9 Å². The number of benzene rings is 2. The molecule has 1 saturated heterocycles. The molecule has 4 rings (SSSR count). The van der Waals surface area contributed by atoms with Crippen LogP contribution in [0.3, 0.4) is 0 Å². The Kier molecular flexibility index (Phi) is 5.07. The van der Waals surface area contributed by atoms with E-state index in [1.165, 1.54) is 16.7 Å². The summed E-state index contributed by atoms with van der Waals surface area (Å²) in [6.45, 7) is 6.82. The van der Waals surface area contributed by atoms with Crippen molar-refractivity contribution in [1.82, 2.24) is 14.9 Å². The van der Waals surface area contributed by atoms with Crippen molar-refractivity contribution < 1.29 is 4.79 Å². The number of carbonyl (C=O) groups is 1. The maximum atomic E-state index is 12.0. The van der Waals surface area contributed by atoms with Gasteiger partial charge in [-0.15, -0.1) is 0 Å². The second-order valence-corrected chi connectivity index (χ2v) is 7.79. The molecule has 5 heteroatoms. The third kappa shape index (κ3) is 3.49. The maximum absolute atomic E-state index is 12.0. The van der Waals surface area contributed by atoms with E-state index in [0.29, 0.717) is 0 Å². The highest BCUT2D eigenvalue weighted by Crippen LogP contribution is 2.28. The van der Waals surface area contributed by atoms with Crippen LogP contribution in [0.15, 0.2) is 42.5 Å². The number of aryl methyl sites for hydroxylation is 2. The number of hydrogen-bond donors (Lipinski definition) is 1. The number of anilines is 1. The van der Waals surface area contributed by atoms with Gasteiger partial charge >= 0.3 is 0 Å². The summed E-state index contributed by atoms with van der Waals surface area (Å²) in [5.41, 5.74) is 6.08. The predicted molar refractivity (Wildman–Crippen MR) is 114 cm³/mol. The summed E-state index contributed by atoms with van der Waals surface area (Å²) < 4.78 is 2.33. The predicted octanol–water partition coefficient (Wildman–Crippen LogP) is 3.66. The van der Waals surface area contributed by atoms with E-state index in [4.69, 9.17) is 4.98 Å². The van der Waals surface area contributed by atoms with Crippen molar-refractivity contribution in [3.05, 3.63) is 59.2 Å². The average Bonchev–Trinajstić information content (AvgIpc) is 3.09. The van der Waals surface area contributed by atoms with Crippen molar-refractivity contribution in [1.29, 1.82) is 0 Å². The van der Waals surface area contributed by atoms with Crippen LogP contribution in [-0.4, -0.2) is 35.6 Å². The summed E-state index contributed by atoms with van der Waals surface area (Å²) in [5, 5.41) is 2.79. The zero-order valence-electron chi connectivity index (χ0n) is 16.9. The number of imidazole rings is 1. The lowest BCUT2D eigenvalue weighted by molar-refractivity contribution is -0.125. The Morgan fingerprint density at radius 2 is 1.89 bits per heavy atom. The number of piperidine rings is 1. The van der Waals surface area contributed by atoms with E-state index in [0.717, 1.165) is 49.5 Å². The van der Waals surface area contributed by atoms with Gasteiger partial charge in [-0.2, -0.15) is 0 Å². The van der Waals surface area contributed by atoms with E-state index in [1.54, 1.807) is 7.05 Å². The first-order valence-electron chi connectivity index (χ1n) is 10.0. The Labute approximate surface area is 166 Å². The summed E-state index contributed by atoms with van der Waals surface area (Å²) in [6, 6.07) is 15.0. The molecule has 0 saturated carbocycles. The molecule has 1 aliphatic rings. The average molecular weight is 377 g/mol. The Morgan fingerprint density at radius 1 is 1.14 bits per heavy atom. The third-order valence-electron chi connectivity index (χ3n) is 5.86. The van der Waals surface area contributed by atoms with Gasteiger partial charge in [0, 0.05) is 26.1 Å². The fourth-order valence-corrected chi connectivity index (χ4v) is 4.15. The standard InChI is InChI=1S/C23H28N4O/c1-16-8-9-17(2)19(14-16)15-27-21-7-5-4-6-20(21)25-23(27)26-12-10-18(11-13-26)22(28)24-3/h4-9,14,18H,10-13,15H2,1-3H3,(H,24,28). The van der Waals surface area contributed by atoms with Crippen LogP contribution < -0.4 is 10.2 Å². The molecule has 1 fully saturated rings. The minimum absolute atomic E-state index is 0.109. The molecule has 1 aliphatic heterocycles. The highest BCUT2D eigenvalue weighted by Gasteiger charge is 2.27. The Hall–Kier alpha value is -2.82. The largest absolute Gasteiger partial charge is 0.359 e. The fraction of sp³-hybridized carbons (Fsp3) is 0.391. The van der Waals surface area contributed by atoms with Crippen LogP contribution in [0.2, 0.25) is 0 Å². The van der Waals surface area contributed by atoms with E-state index < -0.39 is 0 Å². The van der Waals surface area contributed by atoms with Crippen molar-refractivity contribution >= 4 is 22.9 Å². The second-order valence-electron chi connectivity index (χ2n) is 7.79. The first kappa shape index (κ1) is 18.5. The molecule has 28 heavy (non-hydrogen) atoms. The summed E-state index contributed by atoms with van der Waals surface area (Å²) in [7, 11) is 1.72. The Bertz CT molecular complexity index is 999. The molecule has 1 amide bonds. The number of aromatic nitrogens is 2. The van der Waals surface area contributed by atoms with Crippen molar-refractivity contribution in [3.8, 4) is 0 Å². The number of fused-ring (bicyclic) bond motifs is 1. The quantitative estimate of drug-likeness (QED) is 0.756. The first-order chi connectivity index (χ1) is 13.6. The summed E-state index contributed by atoms with van der Waals surface area (Å²) >= 11 is 0. The lowest BCUT2D eigenvalue weighted by Crippen LogP contribution is -2.40. The van der Waals surface area contributed by atoms with Gasteiger partial charge in [0.2, 0.25) is 11.9 Å². The van der Waals surface area contributed by atoms with Crippen molar-refractivity contribution in [2.45, 2.75) is 33.2 Å². The molecule has 1 N–H and O–H groups in total. The number of hydrogen-bond acceptors (Lipinski definition) is 3. The summed E-state index contributed by atoms with van der Waals surface area (Å²) in [6.07, 6.45) is 1.73. The summed E-state index contributed by atoms with van der Waals surface area (Å²) in [5.74, 6) is 1.28. The number of nitrogens with zero attached hydrogens (tertiary/aromatic N) is 3. The molecule has 0 aliphatic carbocycles. The van der Waals surface area contributed by atoms with Crippen molar-refractivity contribution in [2.24, 2.45) is 5.92 Å². The van der Waals surface area contributed by atoms with Crippen molar-refractivity contribution in [3.63, 3.8) is 0 Å². The molecule has 0 bridgehead atoms. The van der Waals surface area contributed by atoms with Gasteiger partial charge in [-0.3, -0.25) is 4.79 Å². The maximum Gasteiger partial charge on any atom is 0.222 e. The van der Waals surface area contributed by atoms with Crippen molar-refractivity contribution in [2.75, 3.05) is 25.0 Å². The molecule has 0 radical (unpaired) electrons. The Morgan fingerprint density at radius 3 is 2.64 bits per heavy atom. The van der Waals surface area contributed by atoms with E-state index in [1.807, 2.05) is 6.07 Å². The number of carbonyl (C=O) groups excluding carboxylic acids is 1. The lowest BCUT2D eigenvalue weighted by Gasteiger charge is -2.32. The number of rotatable bonds is 4. The molecule has 1 aromatic heterocycles. The topological polar surface area (TPSA) is 50.2 Å². The van der Waals surface area contributed by atoms with Crippen LogP contribution in [0.25, 0.3) is 11.0 Å². The van der Waals surface area contributed by atoms with Gasteiger partial charge in [-0.25, -0.2) is 4.98 Å². The molecular weight excluding hydrogens is 348 g/mol. The normalized spacial score (nSPS) is 15.2. The second kappa shape index (κ2) is 7.66. The zero-order valence-corrected chi connectivity index (χ0v) is 16.9. The molecule has 0 atom stereocenters. The van der Waals surface area contributed by atoms with E-state index >= 15 is 0 Å².